The highest BCUT2D eigenvalue weighted by Gasteiger charge is 2.41. The van der Waals surface area contributed by atoms with Crippen LogP contribution in [0.25, 0.3) is 0 Å². The van der Waals surface area contributed by atoms with E-state index in [2.05, 4.69) is 11.4 Å². The number of nitrogens with one attached hydrogen (secondary N) is 1. The number of rotatable bonds is 4. The summed E-state index contributed by atoms with van der Waals surface area (Å²) < 4.78 is 5.46. The highest BCUT2D eigenvalue weighted by molar-refractivity contribution is 5.79. The molecular weight excluding hydrogens is 266 g/mol. The van der Waals surface area contributed by atoms with E-state index >= 15 is 0 Å². The molecule has 3 rings (SSSR count). The van der Waals surface area contributed by atoms with Gasteiger partial charge in [0.15, 0.2) is 0 Å². The summed E-state index contributed by atoms with van der Waals surface area (Å²) in [5.74, 6) is 1.62. The van der Waals surface area contributed by atoms with Crippen LogP contribution in [-0.4, -0.2) is 49.2 Å². The summed E-state index contributed by atoms with van der Waals surface area (Å²) in [6, 6.07) is 2.49. The van der Waals surface area contributed by atoms with Crippen LogP contribution in [0, 0.1) is 23.2 Å². The predicted molar refractivity (Wildman–Crippen MR) is 78.4 cm³/mol. The number of fused-ring (bicyclic) bond motifs is 1. The minimum absolute atomic E-state index is 0.0888. The summed E-state index contributed by atoms with van der Waals surface area (Å²) in [5, 5.41) is 12.5. The van der Waals surface area contributed by atoms with Crippen molar-refractivity contribution in [3.8, 4) is 6.07 Å². The van der Waals surface area contributed by atoms with Gasteiger partial charge in [-0.3, -0.25) is 4.79 Å². The molecule has 21 heavy (non-hydrogen) atoms. The molecule has 1 amide bonds. The van der Waals surface area contributed by atoms with E-state index in [1.165, 1.54) is 25.7 Å². The Morgan fingerprint density at radius 3 is 2.67 bits per heavy atom. The largest absolute Gasteiger partial charge is 0.381 e. The van der Waals surface area contributed by atoms with Crippen molar-refractivity contribution >= 4 is 5.91 Å². The minimum Gasteiger partial charge on any atom is -0.381 e. The van der Waals surface area contributed by atoms with E-state index in [0.29, 0.717) is 18.7 Å². The second kappa shape index (κ2) is 6.33. The highest BCUT2D eigenvalue weighted by Crippen LogP contribution is 2.44. The molecule has 4 unspecified atom stereocenters. The van der Waals surface area contributed by atoms with Gasteiger partial charge in [-0.2, -0.15) is 5.26 Å². The summed E-state index contributed by atoms with van der Waals surface area (Å²) in [4.78, 5) is 13.9. The van der Waals surface area contributed by atoms with Crippen LogP contribution in [-0.2, 0) is 9.53 Å². The lowest BCUT2D eigenvalue weighted by Crippen LogP contribution is -2.43. The third kappa shape index (κ3) is 3.07. The van der Waals surface area contributed by atoms with Gasteiger partial charge in [0.1, 0.15) is 6.04 Å². The molecule has 1 heterocycles. The Balaban J connectivity index is 1.43. The molecule has 2 saturated carbocycles. The van der Waals surface area contributed by atoms with Gasteiger partial charge in [-0.15, -0.1) is 0 Å². The molecule has 0 aromatic carbocycles. The number of nitrogens with zero attached hydrogens (tertiary/aromatic N) is 2. The Labute approximate surface area is 126 Å². The molecule has 0 aromatic rings. The molecule has 3 aliphatic rings. The third-order valence-electron chi connectivity index (χ3n) is 5.57. The first-order valence-electron chi connectivity index (χ1n) is 8.16. The van der Waals surface area contributed by atoms with Gasteiger partial charge in [0.25, 0.3) is 0 Å². The Kier molecular flexibility index (Phi) is 4.46. The van der Waals surface area contributed by atoms with Crippen molar-refractivity contribution in [2.75, 3.05) is 20.2 Å². The molecular formula is C16H25N3O2. The average Bonchev–Trinajstić information content (AvgIpc) is 3.17. The topological polar surface area (TPSA) is 65.4 Å². The van der Waals surface area contributed by atoms with Crippen LogP contribution in [0.1, 0.15) is 38.5 Å². The molecule has 0 aromatic heterocycles. The van der Waals surface area contributed by atoms with Crippen molar-refractivity contribution in [1.29, 1.82) is 5.26 Å². The smallest absolute Gasteiger partial charge is 0.237 e. The number of amides is 1. The predicted octanol–water partition coefficient (Wildman–Crippen LogP) is 1.29. The Morgan fingerprint density at radius 1 is 1.33 bits per heavy atom. The molecule has 5 nitrogen and oxygen atoms in total. The fraction of sp³-hybridized carbons (Fsp3) is 0.875. The number of likely N-dealkylation sites (tertiary alicyclic amines) is 1. The van der Waals surface area contributed by atoms with Gasteiger partial charge in [-0.1, -0.05) is 0 Å². The lowest BCUT2D eigenvalue weighted by atomic mass is 10.0. The third-order valence-corrected chi connectivity index (χ3v) is 5.57. The van der Waals surface area contributed by atoms with Gasteiger partial charge in [-0.25, -0.2) is 0 Å². The summed E-state index contributed by atoms with van der Waals surface area (Å²) in [6.07, 6.45) is 6.92. The van der Waals surface area contributed by atoms with Gasteiger partial charge < -0.3 is 15.0 Å². The van der Waals surface area contributed by atoms with Crippen LogP contribution in [0.15, 0.2) is 0 Å². The lowest BCUT2D eigenvalue weighted by molar-refractivity contribution is -0.130. The SMILES string of the molecule is COC1CC2CC(NCC(=O)N3CCCC3C#N)C[C@H]2C1. The standard InChI is InChI=1S/C16H25N3O2/c1-21-15-7-11-5-13(6-12(11)8-15)18-10-16(20)19-4-2-3-14(19)9-17/h11-15,18H,2-8,10H2,1H3/t11-,12?,13?,14?,15?/m0/s1. The molecule has 1 aliphatic heterocycles. The van der Waals surface area contributed by atoms with Crippen molar-refractivity contribution in [3.63, 3.8) is 0 Å². The molecule has 116 valence electrons. The molecule has 0 bridgehead atoms. The van der Waals surface area contributed by atoms with Gasteiger partial charge >= 0.3 is 0 Å². The van der Waals surface area contributed by atoms with Crippen molar-refractivity contribution in [2.24, 2.45) is 11.8 Å². The monoisotopic (exact) mass is 291 g/mol. The normalized spacial score (nSPS) is 38.5. The molecule has 2 aliphatic carbocycles. The number of hydrogen-bond acceptors (Lipinski definition) is 4. The van der Waals surface area contributed by atoms with E-state index in [4.69, 9.17) is 10.00 Å². The summed E-state index contributed by atoms with van der Waals surface area (Å²) >= 11 is 0. The number of carbonyl (C=O) groups excluding carboxylic acids is 1. The maximum Gasteiger partial charge on any atom is 0.237 e. The molecule has 5 heteroatoms. The van der Waals surface area contributed by atoms with Crippen LogP contribution >= 0.6 is 0 Å². The summed E-state index contributed by atoms with van der Waals surface area (Å²) in [7, 11) is 1.81. The number of ether oxygens (including phenoxy) is 1. The van der Waals surface area contributed by atoms with E-state index in [9.17, 15) is 4.79 Å². The number of hydrogen-bond donors (Lipinski definition) is 1. The van der Waals surface area contributed by atoms with E-state index < -0.39 is 0 Å². The Bertz CT molecular complexity index is 420. The summed E-state index contributed by atoms with van der Waals surface area (Å²) in [6.45, 7) is 1.13. The van der Waals surface area contributed by atoms with E-state index in [0.717, 1.165) is 31.2 Å². The summed E-state index contributed by atoms with van der Waals surface area (Å²) in [5.41, 5.74) is 0. The second-order valence-corrected chi connectivity index (χ2v) is 6.77. The zero-order valence-corrected chi connectivity index (χ0v) is 12.8. The average molecular weight is 291 g/mol. The van der Waals surface area contributed by atoms with Crippen molar-refractivity contribution in [3.05, 3.63) is 0 Å². The molecule has 1 saturated heterocycles. The first-order chi connectivity index (χ1) is 10.2. The highest BCUT2D eigenvalue weighted by atomic mass is 16.5. The first kappa shape index (κ1) is 14.8. The van der Waals surface area contributed by atoms with Crippen molar-refractivity contribution in [2.45, 2.75) is 56.7 Å². The van der Waals surface area contributed by atoms with Crippen LogP contribution in [0.4, 0.5) is 0 Å². The fourth-order valence-corrected chi connectivity index (χ4v) is 4.45. The van der Waals surface area contributed by atoms with Gasteiger partial charge in [-0.05, 0) is 50.4 Å². The fourth-order valence-electron chi connectivity index (χ4n) is 4.45. The first-order valence-corrected chi connectivity index (χ1v) is 8.16. The van der Waals surface area contributed by atoms with Crippen LogP contribution < -0.4 is 5.32 Å². The van der Waals surface area contributed by atoms with Crippen LogP contribution in [0.3, 0.4) is 0 Å². The second-order valence-electron chi connectivity index (χ2n) is 6.77. The van der Waals surface area contributed by atoms with Gasteiger partial charge in [0.05, 0.1) is 18.7 Å². The van der Waals surface area contributed by atoms with E-state index in [-0.39, 0.29) is 11.9 Å². The quantitative estimate of drug-likeness (QED) is 0.848. The molecule has 1 N–H and O–H groups in total. The molecule has 3 fully saturated rings. The minimum atomic E-state index is -0.204. The van der Waals surface area contributed by atoms with Crippen molar-refractivity contribution in [1.82, 2.24) is 10.2 Å². The van der Waals surface area contributed by atoms with Gasteiger partial charge in [0, 0.05) is 19.7 Å². The van der Waals surface area contributed by atoms with Crippen LogP contribution in [0.2, 0.25) is 0 Å². The number of methoxy groups -OCH3 is 1. The number of nitriles is 1. The molecule has 0 spiro atoms. The van der Waals surface area contributed by atoms with Gasteiger partial charge in [0.2, 0.25) is 5.91 Å². The zero-order valence-electron chi connectivity index (χ0n) is 12.8. The Hall–Kier alpha value is -1.12. The molecule has 0 radical (unpaired) electrons. The number of carbonyl (C=O) groups is 1. The van der Waals surface area contributed by atoms with Crippen molar-refractivity contribution < 1.29 is 9.53 Å². The maximum atomic E-state index is 12.2. The van der Waals surface area contributed by atoms with E-state index in [1.807, 2.05) is 7.11 Å². The maximum absolute atomic E-state index is 12.2. The lowest BCUT2D eigenvalue weighted by Gasteiger charge is -2.21. The van der Waals surface area contributed by atoms with E-state index in [1.54, 1.807) is 4.90 Å². The Morgan fingerprint density at radius 2 is 2.05 bits per heavy atom. The molecule has 5 atom stereocenters. The van der Waals surface area contributed by atoms with Crippen LogP contribution in [0.5, 0.6) is 0 Å². The zero-order chi connectivity index (χ0) is 14.8.